The van der Waals surface area contributed by atoms with E-state index in [2.05, 4.69) is 55.1 Å². The summed E-state index contributed by atoms with van der Waals surface area (Å²) in [6, 6.07) is 16.8. The van der Waals surface area contributed by atoms with E-state index in [4.69, 9.17) is 9.15 Å². The van der Waals surface area contributed by atoms with Gasteiger partial charge in [-0.1, -0.05) is 37.1 Å². The number of nitrogens with zero attached hydrogens (tertiary/aromatic N) is 5. The first-order valence-corrected chi connectivity index (χ1v) is 21.4. The number of carbonyl (C=O) groups excluding carboxylic acids is 3. The van der Waals surface area contributed by atoms with E-state index in [1.807, 2.05) is 12.1 Å². The molecule has 15 heteroatoms. The highest BCUT2D eigenvalue weighted by atomic mass is 19.3. The number of alkyl halides is 2. The van der Waals surface area contributed by atoms with Crippen molar-refractivity contribution in [2.45, 2.75) is 89.5 Å². The molecule has 2 aromatic carbocycles. The maximum absolute atomic E-state index is 14.1. The third kappa shape index (κ3) is 10.9. The quantitative estimate of drug-likeness (QED) is 0.0542. The average Bonchev–Trinajstić information content (AvgIpc) is 3.77. The Morgan fingerprint density at radius 2 is 1.79 bits per heavy atom. The van der Waals surface area contributed by atoms with Crippen molar-refractivity contribution in [2.24, 2.45) is 11.8 Å². The Labute approximate surface area is 353 Å². The summed E-state index contributed by atoms with van der Waals surface area (Å²) in [4.78, 5) is 48.4. The first kappa shape index (κ1) is 41.8. The molecular formula is C46H52F2N8O5. The topological polar surface area (TPSA) is 157 Å². The normalized spacial score (nSPS) is 17.7. The van der Waals surface area contributed by atoms with Crippen molar-refractivity contribution in [3.63, 3.8) is 0 Å². The molecule has 0 atom stereocenters. The number of unbranched alkanes of at least 4 members (excludes halogenated alkanes) is 3. The molecule has 0 unspecified atom stereocenters. The van der Waals surface area contributed by atoms with Gasteiger partial charge in [0.15, 0.2) is 11.4 Å². The number of aromatic nitrogens is 4. The summed E-state index contributed by atoms with van der Waals surface area (Å²) >= 11 is 0. The summed E-state index contributed by atoms with van der Waals surface area (Å²) < 4.78 is 41.5. The first-order chi connectivity index (χ1) is 29.6. The Bertz CT molecular complexity index is 2320. The lowest BCUT2D eigenvalue weighted by Gasteiger charge is -2.31. The van der Waals surface area contributed by atoms with E-state index in [1.165, 1.54) is 30.9 Å². The molecule has 3 aliphatic rings. The fourth-order valence-corrected chi connectivity index (χ4v) is 8.29. The number of pyridine rings is 1. The standard InChI is InChI=1S/C46H52F2N8O5/c1-55(22-5-3-2-4-7-29-14-18-35(19-15-29)61-38-9-6-8-32-24-40(57)53-45(59)41(32)38)26-31-12-16-34(17-13-31)56-27-36(42(54-56)43(47)48)51-44(58)37-28-60-46(52-37)33-20-21-49-39(23-33)50-25-30-10-11-30/h6,8-9,14-15,18-21,23,27-28,30-31,34,43H,2-5,7,10-13,16-17,22,24-26H2,1H3,(H,49,50)(H,51,58)(H,53,57,59). The Morgan fingerprint density at radius 1 is 1.00 bits per heavy atom. The fourth-order valence-electron chi connectivity index (χ4n) is 8.29. The number of anilines is 2. The van der Waals surface area contributed by atoms with Gasteiger partial charge in [-0.15, -0.1) is 0 Å². The van der Waals surface area contributed by atoms with Gasteiger partial charge in [0.05, 0.1) is 23.7 Å². The minimum absolute atomic E-state index is 0.0197. The summed E-state index contributed by atoms with van der Waals surface area (Å²) in [6.07, 6.45) is 13.2. The van der Waals surface area contributed by atoms with Crippen LogP contribution in [0.5, 0.6) is 11.5 Å². The highest BCUT2D eigenvalue weighted by Gasteiger charge is 2.29. The van der Waals surface area contributed by atoms with Crippen LogP contribution in [0, 0.1) is 11.8 Å². The van der Waals surface area contributed by atoms with Crippen LogP contribution in [0.3, 0.4) is 0 Å². The molecule has 0 radical (unpaired) electrons. The molecule has 3 aromatic heterocycles. The minimum Gasteiger partial charge on any atom is -0.457 e. The molecule has 5 aromatic rings. The molecule has 0 bridgehead atoms. The fraction of sp³-hybridized carbons (Fsp3) is 0.435. The molecule has 4 heterocycles. The van der Waals surface area contributed by atoms with Crippen LogP contribution in [0.1, 0.15) is 114 Å². The van der Waals surface area contributed by atoms with Crippen LogP contribution < -0.4 is 20.7 Å². The molecule has 3 amide bonds. The van der Waals surface area contributed by atoms with Crippen LogP contribution in [0.4, 0.5) is 20.3 Å². The van der Waals surface area contributed by atoms with Crippen LogP contribution in [-0.4, -0.2) is 69.1 Å². The van der Waals surface area contributed by atoms with Crippen molar-refractivity contribution in [2.75, 3.05) is 37.3 Å². The Hall–Kier alpha value is -5.96. The van der Waals surface area contributed by atoms with Crippen molar-refractivity contribution >= 4 is 29.2 Å². The lowest BCUT2D eigenvalue weighted by atomic mass is 9.86. The monoisotopic (exact) mass is 834 g/mol. The van der Waals surface area contributed by atoms with Gasteiger partial charge >= 0.3 is 0 Å². The number of hydrogen-bond donors (Lipinski definition) is 3. The van der Waals surface area contributed by atoms with E-state index in [0.717, 1.165) is 77.4 Å². The maximum Gasteiger partial charge on any atom is 0.284 e. The highest BCUT2D eigenvalue weighted by molar-refractivity contribution is 6.11. The second kappa shape index (κ2) is 19.2. The summed E-state index contributed by atoms with van der Waals surface area (Å²) in [7, 11) is 2.17. The van der Waals surface area contributed by atoms with Crippen LogP contribution >= 0.6 is 0 Å². The number of nitrogens with one attached hydrogen (secondary N) is 3. The molecule has 61 heavy (non-hydrogen) atoms. The van der Waals surface area contributed by atoms with Crippen LogP contribution in [0.25, 0.3) is 11.5 Å². The van der Waals surface area contributed by atoms with Gasteiger partial charge in [-0.05, 0) is 125 Å². The van der Waals surface area contributed by atoms with Crippen molar-refractivity contribution in [3.8, 4) is 23.0 Å². The molecule has 2 saturated carbocycles. The van der Waals surface area contributed by atoms with E-state index in [0.29, 0.717) is 45.8 Å². The second-order valence-electron chi connectivity index (χ2n) is 16.6. The minimum atomic E-state index is -2.85. The number of oxazole rings is 1. The summed E-state index contributed by atoms with van der Waals surface area (Å²) in [6.45, 7) is 2.87. The molecule has 320 valence electrons. The molecule has 1 aliphatic heterocycles. The zero-order chi connectivity index (χ0) is 42.3. The molecule has 3 N–H and O–H groups in total. The Morgan fingerprint density at radius 3 is 2.57 bits per heavy atom. The number of amides is 3. The summed E-state index contributed by atoms with van der Waals surface area (Å²) in [5.41, 5.74) is 2.46. The van der Waals surface area contributed by atoms with Crippen molar-refractivity contribution in [3.05, 3.63) is 101 Å². The summed E-state index contributed by atoms with van der Waals surface area (Å²) in [5, 5.41) is 12.5. The van der Waals surface area contributed by atoms with Crippen molar-refractivity contribution < 1.29 is 32.3 Å². The first-order valence-electron chi connectivity index (χ1n) is 21.4. The van der Waals surface area contributed by atoms with Crippen molar-refractivity contribution in [1.29, 1.82) is 0 Å². The SMILES string of the molecule is CN(CCCCCCc1ccc(Oc2cccc3c2C(=O)NC(=O)C3)cc1)CC1CCC(n2cc(NC(=O)c3coc(-c4ccnc(NCC5CC5)c4)n3)c(C(F)F)n2)CC1. The Kier molecular flexibility index (Phi) is 13.1. The largest absolute Gasteiger partial charge is 0.457 e. The van der Waals surface area contributed by atoms with Gasteiger partial charge in [0.1, 0.15) is 23.6 Å². The number of benzene rings is 2. The number of hydrogen-bond acceptors (Lipinski definition) is 10. The predicted molar refractivity (Wildman–Crippen MR) is 226 cm³/mol. The third-order valence-electron chi connectivity index (χ3n) is 11.8. The lowest BCUT2D eigenvalue weighted by molar-refractivity contribution is -0.119. The van der Waals surface area contributed by atoms with Gasteiger partial charge < -0.3 is 24.7 Å². The average molecular weight is 835 g/mol. The number of fused-ring (bicyclic) bond motifs is 1. The number of aryl methyl sites for hydroxylation is 1. The number of ether oxygens (including phenoxy) is 1. The molecule has 2 aliphatic carbocycles. The van der Waals surface area contributed by atoms with Gasteiger partial charge in [0.25, 0.3) is 18.2 Å². The van der Waals surface area contributed by atoms with E-state index in [9.17, 15) is 23.2 Å². The van der Waals surface area contributed by atoms with Gasteiger partial charge in [-0.2, -0.15) is 5.10 Å². The van der Waals surface area contributed by atoms with Crippen LogP contribution in [-0.2, 0) is 17.6 Å². The number of rotatable bonds is 19. The Balaban J connectivity index is 0.732. The zero-order valence-corrected chi connectivity index (χ0v) is 34.4. The van der Waals surface area contributed by atoms with E-state index in [1.54, 1.807) is 41.2 Å². The smallest absolute Gasteiger partial charge is 0.284 e. The summed E-state index contributed by atoms with van der Waals surface area (Å²) in [5.74, 6) is 1.83. The second-order valence-corrected chi connectivity index (χ2v) is 16.6. The molecule has 2 fully saturated rings. The van der Waals surface area contributed by atoms with Gasteiger partial charge in [-0.25, -0.2) is 18.7 Å². The zero-order valence-electron chi connectivity index (χ0n) is 34.4. The molecule has 8 rings (SSSR count). The van der Waals surface area contributed by atoms with Crippen LogP contribution in [0.15, 0.2) is 77.7 Å². The number of halogens is 2. The van der Waals surface area contributed by atoms with E-state index >= 15 is 0 Å². The lowest BCUT2D eigenvalue weighted by Crippen LogP contribution is -2.37. The number of imide groups is 1. The van der Waals surface area contributed by atoms with E-state index in [-0.39, 0.29) is 35.6 Å². The molecule has 0 saturated heterocycles. The van der Waals surface area contributed by atoms with Gasteiger partial charge in [-0.3, -0.25) is 24.4 Å². The van der Waals surface area contributed by atoms with Gasteiger partial charge in [0, 0.05) is 31.0 Å². The maximum atomic E-state index is 14.1. The predicted octanol–water partition coefficient (Wildman–Crippen LogP) is 9.02. The highest BCUT2D eigenvalue weighted by Crippen LogP contribution is 2.36. The molecular weight excluding hydrogens is 783 g/mol. The number of carbonyl (C=O) groups is 3. The van der Waals surface area contributed by atoms with Crippen molar-refractivity contribution in [1.82, 2.24) is 30.0 Å². The molecule has 0 spiro atoms. The third-order valence-corrected chi connectivity index (χ3v) is 11.8. The van der Waals surface area contributed by atoms with Gasteiger partial charge in [0.2, 0.25) is 11.8 Å². The molecule has 13 nitrogen and oxygen atoms in total. The van der Waals surface area contributed by atoms with Crippen LogP contribution in [0.2, 0.25) is 0 Å². The van der Waals surface area contributed by atoms with E-state index < -0.39 is 23.9 Å².